The smallest absolute Gasteiger partial charge is 0.201 e. The van der Waals surface area contributed by atoms with Crippen LogP contribution in [0.15, 0.2) is 12.1 Å². The predicted molar refractivity (Wildman–Crippen MR) is 66.8 cm³/mol. The Labute approximate surface area is 106 Å². The van der Waals surface area contributed by atoms with Gasteiger partial charge in [0.25, 0.3) is 0 Å². The number of Topliss-reactive ketones (excluding diaryl/α,β-unsaturated/α-hetero) is 1. The predicted octanol–water partition coefficient (Wildman–Crippen LogP) is 1.20. The highest BCUT2D eigenvalue weighted by Crippen LogP contribution is 2.37. The molecule has 0 unspecified atom stereocenters. The summed E-state index contributed by atoms with van der Waals surface area (Å²) in [6.45, 7) is 3.53. The van der Waals surface area contributed by atoms with E-state index in [2.05, 4.69) is 0 Å². The summed E-state index contributed by atoms with van der Waals surface area (Å²) in [6.07, 6.45) is -0.195. The Hall–Kier alpha value is -1.39. The van der Waals surface area contributed by atoms with E-state index in [0.29, 0.717) is 17.5 Å². The molecule has 0 heterocycles. The van der Waals surface area contributed by atoms with Crippen molar-refractivity contribution >= 4 is 5.78 Å². The number of ketones is 1. The fourth-order valence-corrected chi connectivity index (χ4v) is 2.53. The molecule has 0 aliphatic heterocycles. The van der Waals surface area contributed by atoms with Crippen molar-refractivity contribution in [3.8, 4) is 5.75 Å². The number of phenolic OH excluding ortho intramolecular Hbond substituents is 1. The Morgan fingerprint density at radius 1 is 1.39 bits per heavy atom. The van der Waals surface area contributed by atoms with Gasteiger partial charge in [-0.3, -0.25) is 4.79 Å². The van der Waals surface area contributed by atoms with Crippen LogP contribution in [0.3, 0.4) is 0 Å². The molecule has 3 N–H and O–H groups in total. The van der Waals surface area contributed by atoms with E-state index in [9.17, 15) is 20.1 Å². The van der Waals surface area contributed by atoms with Gasteiger partial charge in [-0.1, -0.05) is 26.0 Å². The molecule has 1 aromatic rings. The minimum absolute atomic E-state index is 0.0567. The molecule has 0 fully saturated rings. The van der Waals surface area contributed by atoms with E-state index in [1.807, 2.05) is 6.92 Å². The van der Waals surface area contributed by atoms with Gasteiger partial charge in [0.2, 0.25) is 5.78 Å². The van der Waals surface area contributed by atoms with Crippen LogP contribution < -0.4 is 0 Å². The van der Waals surface area contributed by atoms with Crippen molar-refractivity contribution in [3.05, 3.63) is 28.8 Å². The number of carbonyl (C=O) groups is 1. The summed E-state index contributed by atoms with van der Waals surface area (Å²) in [7, 11) is 0. The lowest BCUT2D eigenvalue weighted by molar-refractivity contribution is -0.0561. The van der Waals surface area contributed by atoms with Crippen molar-refractivity contribution < 1.29 is 20.1 Å². The second kappa shape index (κ2) is 4.37. The highest BCUT2D eigenvalue weighted by Gasteiger charge is 2.47. The van der Waals surface area contributed by atoms with Gasteiger partial charge in [-0.2, -0.15) is 0 Å². The van der Waals surface area contributed by atoms with Gasteiger partial charge in [0.05, 0.1) is 11.7 Å². The lowest BCUT2D eigenvalue weighted by atomic mass is 9.75. The highest BCUT2D eigenvalue weighted by molar-refractivity contribution is 6.07. The first-order valence-electron chi connectivity index (χ1n) is 6.24. The lowest BCUT2D eigenvalue weighted by Crippen LogP contribution is -2.53. The number of aryl methyl sites for hydroxylation is 1. The average Bonchev–Trinajstić information content (AvgIpc) is 2.36. The Bertz CT molecular complexity index is 495. The summed E-state index contributed by atoms with van der Waals surface area (Å²) in [5, 5.41) is 30.3. The molecule has 0 radical (unpaired) electrons. The van der Waals surface area contributed by atoms with Crippen LogP contribution >= 0.6 is 0 Å². The molecule has 2 atom stereocenters. The molecule has 1 aromatic carbocycles. The first kappa shape index (κ1) is 13.1. The third-order valence-electron chi connectivity index (χ3n) is 3.85. The summed E-state index contributed by atoms with van der Waals surface area (Å²) in [4.78, 5) is 12.3. The van der Waals surface area contributed by atoms with Gasteiger partial charge in [0.1, 0.15) is 5.75 Å². The topological polar surface area (TPSA) is 77.8 Å². The number of carbonyl (C=O) groups excluding carboxylic acids is 1. The molecule has 1 aliphatic carbocycles. The minimum atomic E-state index is -1.78. The fourth-order valence-electron chi connectivity index (χ4n) is 2.53. The molecule has 0 spiro atoms. The van der Waals surface area contributed by atoms with Crippen LogP contribution in [0.5, 0.6) is 5.75 Å². The van der Waals surface area contributed by atoms with Gasteiger partial charge in [-0.05, 0) is 24.0 Å². The number of phenols is 1. The zero-order valence-corrected chi connectivity index (χ0v) is 10.6. The fraction of sp³-hybridized carbons (Fsp3) is 0.500. The standard InChI is InChI=1S/C14H18O4/c1-3-8-5-6-9-7-10(15)14(18,4-2)13(17)11(9)12(8)16/h5-6,10,15-16,18H,3-4,7H2,1-2H3/t10-,14-/m0/s1. The van der Waals surface area contributed by atoms with Crippen molar-refractivity contribution in [2.75, 3.05) is 0 Å². The second-order valence-corrected chi connectivity index (χ2v) is 4.79. The third-order valence-corrected chi connectivity index (χ3v) is 3.85. The van der Waals surface area contributed by atoms with Crippen LogP contribution in [0, 0.1) is 0 Å². The summed E-state index contributed by atoms with van der Waals surface area (Å²) in [6, 6.07) is 3.49. The largest absolute Gasteiger partial charge is 0.507 e. The van der Waals surface area contributed by atoms with Gasteiger partial charge >= 0.3 is 0 Å². The molecule has 2 rings (SSSR count). The summed E-state index contributed by atoms with van der Waals surface area (Å²) < 4.78 is 0. The lowest BCUT2D eigenvalue weighted by Gasteiger charge is -2.36. The number of aliphatic hydroxyl groups is 2. The number of hydrogen-bond donors (Lipinski definition) is 3. The monoisotopic (exact) mass is 250 g/mol. The highest BCUT2D eigenvalue weighted by atomic mass is 16.3. The van der Waals surface area contributed by atoms with E-state index in [1.165, 1.54) is 0 Å². The number of aromatic hydroxyl groups is 1. The first-order chi connectivity index (χ1) is 8.45. The maximum absolute atomic E-state index is 12.3. The van der Waals surface area contributed by atoms with Crippen LogP contribution in [0.1, 0.15) is 41.8 Å². The van der Waals surface area contributed by atoms with Crippen LogP contribution in [-0.4, -0.2) is 32.8 Å². The first-order valence-corrected chi connectivity index (χ1v) is 6.24. The summed E-state index contributed by atoms with van der Waals surface area (Å²) in [5.74, 6) is -0.634. The normalized spacial score (nSPS) is 27.1. The quantitative estimate of drug-likeness (QED) is 0.737. The molecule has 0 amide bonds. The molecule has 0 aromatic heterocycles. The van der Waals surface area contributed by atoms with Gasteiger partial charge in [0.15, 0.2) is 5.60 Å². The van der Waals surface area contributed by atoms with E-state index in [-0.39, 0.29) is 24.2 Å². The molecule has 18 heavy (non-hydrogen) atoms. The van der Waals surface area contributed by atoms with Crippen molar-refractivity contribution in [1.29, 1.82) is 0 Å². The zero-order chi connectivity index (χ0) is 13.5. The zero-order valence-electron chi connectivity index (χ0n) is 10.6. The van der Waals surface area contributed by atoms with Crippen molar-refractivity contribution in [2.24, 2.45) is 0 Å². The molecule has 4 heteroatoms. The van der Waals surface area contributed by atoms with E-state index in [0.717, 1.165) is 0 Å². The number of benzene rings is 1. The Balaban J connectivity index is 2.62. The number of hydrogen-bond acceptors (Lipinski definition) is 4. The maximum atomic E-state index is 12.3. The van der Waals surface area contributed by atoms with Crippen LogP contribution in [-0.2, 0) is 12.8 Å². The van der Waals surface area contributed by atoms with Gasteiger partial charge in [-0.25, -0.2) is 0 Å². The van der Waals surface area contributed by atoms with Gasteiger partial charge < -0.3 is 15.3 Å². The molecule has 4 nitrogen and oxygen atoms in total. The Morgan fingerprint density at radius 2 is 2.06 bits per heavy atom. The van der Waals surface area contributed by atoms with Crippen molar-refractivity contribution in [3.63, 3.8) is 0 Å². The molecule has 98 valence electrons. The minimum Gasteiger partial charge on any atom is -0.507 e. The van der Waals surface area contributed by atoms with Crippen molar-refractivity contribution in [1.82, 2.24) is 0 Å². The van der Waals surface area contributed by atoms with Crippen LogP contribution in [0.2, 0.25) is 0 Å². The van der Waals surface area contributed by atoms with Gasteiger partial charge in [-0.15, -0.1) is 0 Å². The van der Waals surface area contributed by atoms with E-state index >= 15 is 0 Å². The molecular weight excluding hydrogens is 232 g/mol. The number of fused-ring (bicyclic) bond motifs is 1. The molecule has 0 saturated carbocycles. The molecular formula is C14H18O4. The summed E-state index contributed by atoms with van der Waals surface area (Å²) >= 11 is 0. The summed E-state index contributed by atoms with van der Waals surface area (Å²) in [5.41, 5.74) is -0.335. The van der Waals surface area contributed by atoms with Crippen molar-refractivity contribution in [2.45, 2.75) is 44.8 Å². The molecule has 0 bridgehead atoms. The van der Waals surface area contributed by atoms with Crippen LogP contribution in [0.25, 0.3) is 0 Å². The van der Waals surface area contributed by atoms with E-state index < -0.39 is 17.5 Å². The SMILES string of the molecule is CCc1ccc2c(c1O)C(=O)[C@](O)(CC)[C@@H](O)C2. The van der Waals surface area contributed by atoms with Crippen LogP contribution in [0.4, 0.5) is 0 Å². The van der Waals surface area contributed by atoms with E-state index in [4.69, 9.17) is 0 Å². The maximum Gasteiger partial charge on any atom is 0.201 e. The average molecular weight is 250 g/mol. The van der Waals surface area contributed by atoms with E-state index in [1.54, 1.807) is 19.1 Å². The number of aliphatic hydroxyl groups excluding tert-OH is 1. The van der Waals surface area contributed by atoms with Gasteiger partial charge in [0, 0.05) is 6.42 Å². The second-order valence-electron chi connectivity index (χ2n) is 4.79. The Kier molecular flexibility index (Phi) is 3.17. The Morgan fingerprint density at radius 3 is 2.61 bits per heavy atom. The number of rotatable bonds is 2. The molecule has 0 saturated heterocycles. The third kappa shape index (κ3) is 1.64. The molecule has 1 aliphatic rings.